The fourth-order valence-corrected chi connectivity index (χ4v) is 4.63. The third kappa shape index (κ3) is 6.22. The summed E-state index contributed by atoms with van der Waals surface area (Å²) in [6.45, 7) is 4.63. The van der Waals surface area contributed by atoms with Crippen LogP contribution in [0, 0.1) is 10.1 Å². The van der Waals surface area contributed by atoms with E-state index in [-0.39, 0.29) is 5.69 Å². The third-order valence-corrected chi connectivity index (χ3v) is 6.56. The number of benzene rings is 3. The van der Waals surface area contributed by atoms with Gasteiger partial charge in [-0.1, -0.05) is 23.7 Å². The highest BCUT2D eigenvalue weighted by Gasteiger charge is 2.17. The SMILES string of the molecule is CCOC(=O)c1ccc(N=Cc2cc([N+](=O)[O-])ccc2Sc2nnc(-c3cccc(Cl)c3)n2CC)cc1. The number of hydrogen-bond donors (Lipinski definition) is 0. The Bertz CT molecular complexity index is 1470. The molecule has 0 bridgehead atoms. The third-order valence-electron chi connectivity index (χ3n) is 5.25. The first kappa shape index (κ1) is 26.1. The van der Waals surface area contributed by atoms with Gasteiger partial charge in [0.15, 0.2) is 11.0 Å². The number of carbonyl (C=O) groups excluding carboxylic acids is 1. The first-order chi connectivity index (χ1) is 17.9. The van der Waals surface area contributed by atoms with Gasteiger partial charge < -0.3 is 9.30 Å². The maximum Gasteiger partial charge on any atom is 0.338 e. The van der Waals surface area contributed by atoms with E-state index in [0.29, 0.717) is 46.0 Å². The number of carbonyl (C=O) groups is 1. The Hall–Kier alpha value is -4.02. The van der Waals surface area contributed by atoms with Crippen LogP contribution in [0.3, 0.4) is 0 Å². The molecule has 0 radical (unpaired) electrons. The van der Waals surface area contributed by atoms with Gasteiger partial charge in [0, 0.05) is 45.9 Å². The Kier molecular flexibility index (Phi) is 8.32. The number of rotatable bonds is 9. The van der Waals surface area contributed by atoms with Crippen molar-refractivity contribution < 1.29 is 14.5 Å². The van der Waals surface area contributed by atoms with Gasteiger partial charge in [-0.15, -0.1) is 10.2 Å². The molecule has 0 saturated carbocycles. The molecule has 0 aliphatic carbocycles. The lowest BCUT2D eigenvalue weighted by Gasteiger charge is -2.09. The molecule has 3 aromatic carbocycles. The van der Waals surface area contributed by atoms with Crippen LogP contribution in [0.25, 0.3) is 11.4 Å². The van der Waals surface area contributed by atoms with E-state index in [1.165, 1.54) is 23.9 Å². The minimum Gasteiger partial charge on any atom is -0.462 e. The van der Waals surface area contributed by atoms with E-state index in [0.717, 1.165) is 10.5 Å². The molecule has 0 unspecified atom stereocenters. The highest BCUT2D eigenvalue weighted by Crippen LogP contribution is 2.33. The summed E-state index contributed by atoms with van der Waals surface area (Å²) in [6, 6.07) is 18.5. The van der Waals surface area contributed by atoms with Crippen molar-refractivity contribution >= 4 is 46.9 Å². The Balaban J connectivity index is 1.65. The fraction of sp³-hybridized carbons (Fsp3) is 0.154. The Morgan fingerprint density at radius 1 is 1.14 bits per heavy atom. The van der Waals surface area contributed by atoms with Gasteiger partial charge in [0.2, 0.25) is 0 Å². The van der Waals surface area contributed by atoms with Crippen LogP contribution < -0.4 is 0 Å². The van der Waals surface area contributed by atoms with Crippen molar-refractivity contribution in [2.45, 2.75) is 30.4 Å². The molecule has 0 spiro atoms. The van der Waals surface area contributed by atoms with Gasteiger partial charge in [-0.25, -0.2) is 4.79 Å². The van der Waals surface area contributed by atoms with Gasteiger partial charge in [-0.2, -0.15) is 0 Å². The zero-order valence-electron chi connectivity index (χ0n) is 20.0. The van der Waals surface area contributed by atoms with Crippen molar-refractivity contribution in [1.82, 2.24) is 14.8 Å². The molecule has 0 aliphatic heterocycles. The van der Waals surface area contributed by atoms with Gasteiger partial charge in [-0.05, 0) is 68.1 Å². The molecule has 0 amide bonds. The van der Waals surface area contributed by atoms with Crippen LogP contribution >= 0.6 is 23.4 Å². The molecule has 4 aromatic rings. The summed E-state index contributed by atoms with van der Waals surface area (Å²) >= 11 is 7.49. The number of aromatic nitrogens is 3. The van der Waals surface area contributed by atoms with E-state index in [9.17, 15) is 14.9 Å². The molecule has 0 aliphatic rings. The zero-order chi connectivity index (χ0) is 26.4. The highest BCUT2D eigenvalue weighted by atomic mass is 35.5. The summed E-state index contributed by atoms with van der Waals surface area (Å²) in [6.07, 6.45) is 1.55. The van der Waals surface area contributed by atoms with Crippen molar-refractivity contribution in [3.05, 3.63) is 93.0 Å². The number of hydrogen-bond acceptors (Lipinski definition) is 8. The van der Waals surface area contributed by atoms with Gasteiger partial charge in [0.05, 0.1) is 22.8 Å². The van der Waals surface area contributed by atoms with Crippen molar-refractivity contribution in [2.75, 3.05) is 6.61 Å². The van der Waals surface area contributed by atoms with Crippen molar-refractivity contribution in [3.8, 4) is 11.4 Å². The molecule has 4 rings (SSSR count). The molecule has 0 N–H and O–H groups in total. The van der Waals surface area contributed by atoms with Crippen molar-refractivity contribution in [3.63, 3.8) is 0 Å². The lowest BCUT2D eigenvalue weighted by molar-refractivity contribution is -0.384. The zero-order valence-corrected chi connectivity index (χ0v) is 21.6. The first-order valence-electron chi connectivity index (χ1n) is 11.4. The summed E-state index contributed by atoms with van der Waals surface area (Å²) in [5.74, 6) is 0.263. The van der Waals surface area contributed by atoms with E-state index >= 15 is 0 Å². The average molecular weight is 536 g/mol. The number of nitrogens with zero attached hydrogens (tertiary/aromatic N) is 5. The predicted octanol–water partition coefficient (Wildman–Crippen LogP) is 6.61. The summed E-state index contributed by atoms with van der Waals surface area (Å²) < 4.78 is 6.95. The highest BCUT2D eigenvalue weighted by molar-refractivity contribution is 7.99. The Labute approximate surface area is 222 Å². The quantitative estimate of drug-likeness (QED) is 0.103. The number of non-ortho nitro benzene ring substituents is 1. The Morgan fingerprint density at radius 2 is 1.92 bits per heavy atom. The van der Waals surface area contributed by atoms with Crippen molar-refractivity contribution in [1.29, 1.82) is 0 Å². The number of halogens is 1. The second kappa shape index (κ2) is 11.8. The minimum absolute atomic E-state index is 0.0555. The molecular weight excluding hydrogens is 514 g/mol. The summed E-state index contributed by atoms with van der Waals surface area (Å²) in [5, 5.41) is 21.3. The van der Waals surface area contributed by atoms with Gasteiger partial charge in [0.25, 0.3) is 5.69 Å². The van der Waals surface area contributed by atoms with Crippen LogP contribution in [0.15, 0.2) is 81.8 Å². The van der Waals surface area contributed by atoms with Crippen LogP contribution in [0.1, 0.15) is 29.8 Å². The second-order valence-corrected chi connectivity index (χ2v) is 9.11. The van der Waals surface area contributed by atoms with Crippen LogP contribution in [0.5, 0.6) is 0 Å². The van der Waals surface area contributed by atoms with Crippen LogP contribution in [0.2, 0.25) is 5.02 Å². The predicted molar refractivity (Wildman–Crippen MR) is 143 cm³/mol. The van der Waals surface area contributed by atoms with E-state index in [4.69, 9.17) is 16.3 Å². The largest absolute Gasteiger partial charge is 0.462 e. The fourth-order valence-electron chi connectivity index (χ4n) is 3.47. The topological polar surface area (TPSA) is 113 Å². The average Bonchev–Trinajstić information content (AvgIpc) is 3.31. The molecule has 37 heavy (non-hydrogen) atoms. The monoisotopic (exact) mass is 535 g/mol. The second-order valence-electron chi connectivity index (χ2n) is 7.67. The van der Waals surface area contributed by atoms with Gasteiger partial charge in [0.1, 0.15) is 0 Å². The van der Waals surface area contributed by atoms with Crippen molar-refractivity contribution in [2.24, 2.45) is 4.99 Å². The number of aliphatic imine (C=N–C) groups is 1. The molecule has 0 saturated heterocycles. The molecule has 1 aromatic heterocycles. The normalized spacial score (nSPS) is 11.1. The minimum atomic E-state index is -0.453. The lowest BCUT2D eigenvalue weighted by atomic mass is 10.2. The standard InChI is InChI=1S/C26H22ClN5O4S/c1-3-31-24(18-6-5-7-20(27)14-18)29-30-26(31)37-23-13-12-22(32(34)35)15-19(23)16-28-21-10-8-17(9-11-21)25(33)36-4-2/h5-16H,3-4H2,1-2H3. The summed E-state index contributed by atoms with van der Waals surface area (Å²) in [4.78, 5) is 28.0. The number of esters is 1. The maximum absolute atomic E-state index is 11.9. The Morgan fingerprint density at radius 3 is 2.59 bits per heavy atom. The van der Waals surface area contributed by atoms with Crippen LogP contribution in [-0.4, -0.2) is 38.5 Å². The van der Waals surface area contributed by atoms with E-state index in [1.807, 2.05) is 29.7 Å². The summed E-state index contributed by atoms with van der Waals surface area (Å²) in [7, 11) is 0. The molecule has 9 nitrogen and oxygen atoms in total. The van der Waals surface area contributed by atoms with E-state index < -0.39 is 10.9 Å². The molecule has 0 fully saturated rings. The van der Waals surface area contributed by atoms with Crippen LogP contribution in [-0.2, 0) is 11.3 Å². The molecule has 0 atom stereocenters. The van der Waals surface area contributed by atoms with Gasteiger partial charge >= 0.3 is 5.97 Å². The number of nitro benzene ring substituents is 1. The number of nitro groups is 1. The van der Waals surface area contributed by atoms with Gasteiger partial charge in [-0.3, -0.25) is 15.1 Å². The first-order valence-corrected chi connectivity index (χ1v) is 12.6. The molecule has 11 heteroatoms. The lowest BCUT2D eigenvalue weighted by Crippen LogP contribution is -2.03. The summed E-state index contributed by atoms with van der Waals surface area (Å²) in [5.41, 5.74) is 2.33. The molecular formula is C26H22ClN5O4S. The van der Waals surface area contributed by atoms with Crippen LogP contribution in [0.4, 0.5) is 11.4 Å². The van der Waals surface area contributed by atoms with E-state index in [2.05, 4.69) is 15.2 Å². The molecule has 1 heterocycles. The van der Waals surface area contributed by atoms with E-state index in [1.54, 1.807) is 49.5 Å². The molecule has 188 valence electrons. The maximum atomic E-state index is 11.9. The smallest absolute Gasteiger partial charge is 0.338 e. The number of ether oxygens (including phenoxy) is 1.